The molecule has 0 radical (unpaired) electrons. The summed E-state index contributed by atoms with van der Waals surface area (Å²) in [5.74, 6) is -1.51. The van der Waals surface area contributed by atoms with Crippen molar-refractivity contribution < 1.29 is 38.4 Å². The summed E-state index contributed by atoms with van der Waals surface area (Å²) in [6, 6.07) is 0. The molecule has 0 saturated heterocycles. The first kappa shape index (κ1) is 18.2. The van der Waals surface area contributed by atoms with E-state index in [0.29, 0.717) is 0 Å². The Labute approximate surface area is 108 Å². The molecule has 0 aliphatic heterocycles. The molecule has 0 bridgehead atoms. The third kappa shape index (κ3) is 10.8. The highest BCUT2D eigenvalue weighted by Crippen LogP contribution is 2.52. The van der Waals surface area contributed by atoms with Gasteiger partial charge in [0.05, 0.1) is 0 Å². The molecular weight excluding hydrogens is 333 g/mol. The maximum absolute atomic E-state index is 10.5. The quantitative estimate of drug-likeness (QED) is 0.342. The van der Waals surface area contributed by atoms with Crippen molar-refractivity contribution in [1.82, 2.24) is 0 Å². The zero-order valence-corrected chi connectivity index (χ0v) is 12.7. The molecule has 0 heterocycles. The Morgan fingerprint density at radius 3 is 1.82 bits per heavy atom. The van der Waals surface area contributed by atoms with Gasteiger partial charge in [-0.2, -0.15) is 0 Å². The lowest BCUT2D eigenvalue weighted by molar-refractivity contribution is 0.199. The second-order valence-corrected chi connectivity index (χ2v) is 10.9. The lowest BCUT2D eigenvalue weighted by atomic mass is 10.4. The molecule has 0 aromatic carbocycles. The summed E-state index contributed by atoms with van der Waals surface area (Å²) in [6.45, 7) is -8.07. The van der Waals surface area contributed by atoms with Crippen LogP contribution < -0.4 is 0 Å². The van der Waals surface area contributed by atoms with Gasteiger partial charge in [0.1, 0.15) is 5.85 Å². The van der Waals surface area contributed by atoms with Gasteiger partial charge in [-0.15, -0.1) is 0 Å². The molecule has 17 heavy (non-hydrogen) atoms. The summed E-state index contributed by atoms with van der Waals surface area (Å²) in [6.07, 6.45) is -0.861. The molecule has 0 aromatic heterocycles. The van der Waals surface area contributed by atoms with Crippen molar-refractivity contribution in [1.29, 1.82) is 0 Å². The van der Waals surface area contributed by atoms with E-state index in [2.05, 4.69) is 28.1 Å². The SMILES string of the molecule is O=P(O)(O)CCCC(OP(O)(O)=S)P(O)(O)=S. The molecule has 13 heteroatoms. The van der Waals surface area contributed by atoms with Crippen LogP contribution in [0.25, 0.3) is 0 Å². The summed E-state index contributed by atoms with van der Waals surface area (Å²) in [7, 11) is -4.21. The maximum Gasteiger partial charge on any atom is 0.325 e. The van der Waals surface area contributed by atoms with Gasteiger partial charge in [0.2, 0.25) is 6.49 Å². The molecule has 8 nitrogen and oxygen atoms in total. The summed E-state index contributed by atoms with van der Waals surface area (Å²) in [5.41, 5.74) is 0. The monoisotopic (exact) mass is 346 g/mol. The van der Waals surface area contributed by atoms with E-state index in [1.165, 1.54) is 0 Å². The van der Waals surface area contributed by atoms with Crippen molar-refractivity contribution >= 4 is 44.4 Å². The molecule has 0 spiro atoms. The second kappa shape index (κ2) is 6.61. The second-order valence-electron chi connectivity index (χ2n) is 3.17. The van der Waals surface area contributed by atoms with Crippen molar-refractivity contribution in [2.24, 2.45) is 0 Å². The molecule has 0 rings (SSSR count). The van der Waals surface area contributed by atoms with E-state index >= 15 is 0 Å². The number of rotatable bonds is 7. The average Bonchev–Trinajstić information content (AvgIpc) is 1.95. The molecule has 6 N–H and O–H groups in total. The van der Waals surface area contributed by atoms with Crippen LogP contribution in [-0.4, -0.2) is 41.4 Å². The lowest BCUT2D eigenvalue weighted by Gasteiger charge is -2.23. The van der Waals surface area contributed by atoms with Gasteiger partial charge in [-0.25, -0.2) is 0 Å². The van der Waals surface area contributed by atoms with E-state index < -0.39 is 32.8 Å². The van der Waals surface area contributed by atoms with Crippen LogP contribution in [0.1, 0.15) is 12.8 Å². The highest BCUT2D eigenvalue weighted by atomic mass is 32.5. The van der Waals surface area contributed by atoms with Gasteiger partial charge in [0.15, 0.2) is 0 Å². The van der Waals surface area contributed by atoms with Gasteiger partial charge in [-0.05, 0) is 36.5 Å². The Morgan fingerprint density at radius 1 is 1.06 bits per heavy atom. The maximum atomic E-state index is 10.5. The summed E-state index contributed by atoms with van der Waals surface area (Å²) >= 11 is 8.48. The Hall–Kier alpha value is 1.25. The van der Waals surface area contributed by atoms with Crippen LogP contribution in [0.5, 0.6) is 0 Å². The van der Waals surface area contributed by atoms with Gasteiger partial charge in [0.25, 0.3) is 0 Å². The third-order valence-electron chi connectivity index (χ3n) is 1.53. The third-order valence-corrected chi connectivity index (χ3v) is 5.21. The van der Waals surface area contributed by atoms with Crippen molar-refractivity contribution in [3.05, 3.63) is 0 Å². The van der Waals surface area contributed by atoms with Gasteiger partial charge in [0, 0.05) is 6.16 Å². The summed E-state index contributed by atoms with van der Waals surface area (Å²) < 4.78 is 15.0. The van der Waals surface area contributed by atoms with E-state index in [1.54, 1.807) is 0 Å². The molecule has 1 unspecified atom stereocenters. The molecule has 0 aliphatic carbocycles. The first-order valence-corrected chi connectivity index (χ1v) is 11.3. The fourth-order valence-corrected chi connectivity index (χ4v) is 4.50. The van der Waals surface area contributed by atoms with Crippen LogP contribution in [0, 0.1) is 0 Å². The topological polar surface area (TPSA) is 148 Å². The van der Waals surface area contributed by atoms with E-state index in [9.17, 15) is 14.4 Å². The molecular formula is C4H13O8P3S2. The van der Waals surface area contributed by atoms with E-state index in [1.807, 2.05) is 0 Å². The Kier molecular flexibility index (Phi) is 7.10. The van der Waals surface area contributed by atoms with Crippen molar-refractivity contribution in [3.63, 3.8) is 0 Å². The van der Waals surface area contributed by atoms with E-state index in [-0.39, 0.29) is 12.8 Å². The highest BCUT2D eigenvalue weighted by molar-refractivity contribution is 8.10. The first-order valence-electron chi connectivity index (χ1n) is 4.15. The van der Waals surface area contributed by atoms with Gasteiger partial charge in [-0.1, -0.05) is 0 Å². The molecule has 0 amide bonds. The predicted octanol–water partition coefficient (Wildman–Crippen LogP) is -0.210. The zero-order valence-electron chi connectivity index (χ0n) is 8.36. The minimum Gasteiger partial charge on any atom is -0.343 e. The van der Waals surface area contributed by atoms with Gasteiger partial charge < -0.3 is 29.4 Å². The fourth-order valence-electron chi connectivity index (χ4n) is 0.913. The summed E-state index contributed by atoms with van der Waals surface area (Å²) in [5, 5.41) is 0. The standard InChI is InChI=1S/C4H13O8P3S2/c5-13(6,7)3-1-2-4(14(8,9)16)12-15(10,11)17/h4H,1-3H2,(H2,5,6,7)(H2,8,9,16)(H2,10,11,17). The van der Waals surface area contributed by atoms with Crippen LogP contribution in [0.3, 0.4) is 0 Å². The van der Waals surface area contributed by atoms with Crippen molar-refractivity contribution in [2.75, 3.05) is 6.16 Å². The smallest absolute Gasteiger partial charge is 0.325 e. The van der Waals surface area contributed by atoms with Gasteiger partial charge in [-0.3, -0.25) is 9.09 Å². The van der Waals surface area contributed by atoms with E-state index in [4.69, 9.17) is 19.6 Å². The van der Waals surface area contributed by atoms with Crippen LogP contribution in [0.2, 0.25) is 0 Å². The average molecular weight is 346 g/mol. The number of hydrogen-bond donors (Lipinski definition) is 6. The van der Waals surface area contributed by atoms with Crippen LogP contribution in [-0.2, 0) is 32.7 Å². The van der Waals surface area contributed by atoms with Crippen LogP contribution in [0.15, 0.2) is 0 Å². The Morgan fingerprint density at radius 2 is 1.53 bits per heavy atom. The molecule has 1 atom stereocenters. The lowest BCUT2D eigenvalue weighted by Crippen LogP contribution is -2.12. The molecule has 0 fully saturated rings. The molecule has 104 valence electrons. The van der Waals surface area contributed by atoms with Crippen LogP contribution >= 0.6 is 20.8 Å². The summed E-state index contributed by atoms with van der Waals surface area (Å²) in [4.78, 5) is 53.3. The minimum absolute atomic E-state index is 0.121. The largest absolute Gasteiger partial charge is 0.343 e. The van der Waals surface area contributed by atoms with E-state index in [0.717, 1.165) is 0 Å². The normalized spacial score (nSPS) is 15.9. The molecule has 0 saturated carbocycles. The number of hydrogen-bond acceptors (Lipinski definition) is 4. The minimum atomic E-state index is -4.21. The van der Waals surface area contributed by atoms with Crippen LogP contribution in [0.4, 0.5) is 0 Å². The van der Waals surface area contributed by atoms with Crippen molar-refractivity contribution in [3.8, 4) is 0 Å². The molecule has 0 aliphatic rings. The predicted molar refractivity (Wildman–Crippen MR) is 68.5 cm³/mol. The Bertz CT molecular complexity index is 380. The highest BCUT2D eigenvalue weighted by Gasteiger charge is 2.30. The van der Waals surface area contributed by atoms with Gasteiger partial charge >= 0.3 is 14.3 Å². The molecule has 0 aromatic rings. The van der Waals surface area contributed by atoms with Crippen molar-refractivity contribution in [2.45, 2.75) is 18.7 Å². The fraction of sp³-hybridized carbons (Fsp3) is 1.00. The zero-order chi connectivity index (χ0) is 13.9. The Balaban J connectivity index is 4.49. The first-order chi connectivity index (χ1) is 7.31.